The first-order valence-electron chi connectivity index (χ1n) is 9.39. The molecule has 0 aliphatic rings. The van der Waals surface area contributed by atoms with Gasteiger partial charge < -0.3 is 14.8 Å². The van der Waals surface area contributed by atoms with Gasteiger partial charge in [-0.15, -0.1) is 0 Å². The van der Waals surface area contributed by atoms with Gasteiger partial charge in [-0.1, -0.05) is 23.9 Å². The van der Waals surface area contributed by atoms with Gasteiger partial charge in [0.15, 0.2) is 11.8 Å². The Morgan fingerprint density at radius 2 is 1.86 bits per heavy atom. The zero-order valence-corrected chi connectivity index (χ0v) is 18.1. The van der Waals surface area contributed by atoms with Gasteiger partial charge in [0, 0.05) is 17.8 Å². The Kier molecular flexibility index (Phi) is 8.92. The lowest BCUT2D eigenvalue weighted by Crippen LogP contribution is -2.32. The van der Waals surface area contributed by atoms with Gasteiger partial charge in [-0.25, -0.2) is 9.97 Å². The largest absolute Gasteiger partial charge is 0.492 e. The number of rotatable bonds is 10. The fraction of sp³-hybridized carbons (Fsp3) is 0.429. The molecule has 156 valence electrons. The van der Waals surface area contributed by atoms with Crippen molar-refractivity contribution in [1.82, 2.24) is 15.3 Å². The number of aromatic nitrogens is 2. The molecule has 0 bridgehead atoms. The van der Waals surface area contributed by atoms with E-state index in [1.807, 2.05) is 51.3 Å². The summed E-state index contributed by atoms with van der Waals surface area (Å²) in [6.07, 6.45) is 2.58. The number of aryl methyl sites for hydroxylation is 3. The molecule has 0 aliphatic heterocycles. The number of hydrogen-bond donors (Lipinski definition) is 1. The first-order valence-corrected chi connectivity index (χ1v) is 10.6. The molecule has 0 unspecified atom stereocenters. The van der Waals surface area contributed by atoms with E-state index >= 15 is 0 Å². The number of amides is 1. The Hall–Kier alpha value is -2.61. The molecule has 0 atom stereocenters. The minimum absolute atomic E-state index is 0.174. The van der Waals surface area contributed by atoms with Crippen LogP contribution in [0.5, 0.6) is 5.75 Å². The summed E-state index contributed by atoms with van der Waals surface area (Å²) in [5, 5.41) is 3.38. The first kappa shape index (κ1) is 22.7. The average Bonchev–Trinajstić information content (AvgIpc) is 2.69. The number of thioether (sulfide) groups is 1. The molecule has 1 heterocycles. The molecule has 1 aromatic heterocycles. The van der Waals surface area contributed by atoms with E-state index in [0.717, 1.165) is 33.4 Å². The van der Waals surface area contributed by atoms with Crippen LogP contribution >= 0.6 is 11.8 Å². The molecule has 7 nitrogen and oxygen atoms in total. The summed E-state index contributed by atoms with van der Waals surface area (Å²) in [4.78, 5) is 32.5. The predicted octanol–water partition coefficient (Wildman–Crippen LogP) is 2.79. The monoisotopic (exact) mass is 417 g/mol. The van der Waals surface area contributed by atoms with E-state index in [0.29, 0.717) is 19.6 Å². The van der Waals surface area contributed by atoms with Gasteiger partial charge in [0.2, 0.25) is 0 Å². The van der Waals surface area contributed by atoms with Crippen LogP contribution in [0.3, 0.4) is 0 Å². The zero-order valence-electron chi connectivity index (χ0n) is 17.3. The molecule has 0 saturated carbocycles. The third kappa shape index (κ3) is 7.73. The number of benzene rings is 1. The maximum atomic E-state index is 11.9. The number of esters is 1. The van der Waals surface area contributed by atoms with E-state index in [9.17, 15) is 9.59 Å². The van der Waals surface area contributed by atoms with Crippen molar-refractivity contribution < 1.29 is 19.1 Å². The maximum absolute atomic E-state index is 11.9. The van der Waals surface area contributed by atoms with E-state index < -0.39 is 5.97 Å². The van der Waals surface area contributed by atoms with Crippen LogP contribution in [-0.2, 0) is 20.7 Å². The molecule has 1 aromatic carbocycles. The van der Waals surface area contributed by atoms with Crippen molar-refractivity contribution in [2.45, 2.75) is 38.8 Å². The molecule has 0 saturated heterocycles. The Bertz CT molecular complexity index is 835. The summed E-state index contributed by atoms with van der Waals surface area (Å²) in [5.41, 5.74) is 3.77. The van der Waals surface area contributed by atoms with Gasteiger partial charge in [-0.2, -0.15) is 0 Å². The van der Waals surface area contributed by atoms with Crippen molar-refractivity contribution in [3.05, 3.63) is 46.8 Å². The molecule has 0 fully saturated rings. The number of carbonyl (C=O) groups excluding carboxylic acids is 2. The summed E-state index contributed by atoms with van der Waals surface area (Å²) in [6.45, 7) is 6.17. The Morgan fingerprint density at radius 3 is 2.52 bits per heavy atom. The van der Waals surface area contributed by atoms with E-state index in [1.54, 1.807) is 0 Å². The summed E-state index contributed by atoms with van der Waals surface area (Å²) in [7, 11) is 0. The molecule has 1 N–H and O–H groups in total. The normalized spacial score (nSPS) is 10.5. The summed E-state index contributed by atoms with van der Waals surface area (Å²) in [6, 6.07) is 7.68. The van der Waals surface area contributed by atoms with Crippen molar-refractivity contribution in [2.75, 3.05) is 26.0 Å². The van der Waals surface area contributed by atoms with Crippen LogP contribution in [0.1, 0.15) is 28.9 Å². The van der Waals surface area contributed by atoms with Crippen LogP contribution in [0.2, 0.25) is 0 Å². The molecular formula is C21H27N3O4S. The molecule has 29 heavy (non-hydrogen) atoms. The van der Waals surface area contributed by atoms with Gasteiger partial charge in [-0.3, -0.25) is 9.59 Å². The first-order chi connectivity index (χ1) is 13.9. The highest BCUT2D eigenvalue weighted by Gasteiger charge is 2.12. The van der Waals surface area contributed by atoms with E-state index in [1.165, 1.54) is 11.8 Å². The number of nitrogens with one attached hydrogen (secondary N) is 1. The highest BCUT2D eigenvalue weighted by Crippen LogP contribution is 2.17. The number of nitrogens with zero attached hydrogens (tertiary/aromatic N) is 2. The second-order valence-corrected chi connectivity index (χ2v) is 7.31. The highest BCUT2D eigenvalue weighted by atomic mass is 32.2. The van der Waals surface area contributed by atoms with Crippen LogP contribution in [0, 0.1) is 20.8 Å². The van der Waals surface area contributed by atoms with Gasteiger partial charge in [0.25, 0.3) is 5.91 Å². The summed E-state index contributed by atoms with van der Waals surface area (Å²) < 4.78 is 10.6. The molecule has 0 spiro atoms. The molecule has 0 radical (unpaired) electrons. The van der Waals surface area contributed by atoms with Crippen molar-refractivity contribution in [3.63, 3.8) is 0 Å². The maximum Gasteiger partial charge on any atom is 0.306 e. The van der Waals surface area contributed by atoms with Crippen molar-refractivity contribution in [2.24, 2.45) is 0 Å². The van der Waals surface area contributed by atoms with Gasteiger partial charge >= 0.3 is 5.97 Å². The van der Waals surface area contributed by atoms with Crippen LogP contribution in [-0.4, -0.2) is 47.9 Å². The Labute approximate surface area is 175 Å². The highest BCUT2D eigenvalue weighted by molar-refractivity contribution is 7.98. The third-order valence-corrected chi connectivity index (χ3v) is 4.76. The van der Waals surface area contributed by atoms with Crippen LogP contribution in [0.25, 0.3) is 0 Å². The summed E-state index contributed by atoms with van der Waals surface area (Å²) >= 11 is 1.48. The second-order valence-electron chi connectivity index (χ2n) is 6.54. The number of hydrogen-bond acceptors (Lipinski definition) is 7. The van der Waals surface area contributed by atoms with Crippen molar-refractivity contribution in [1.29, 1.82) is 0 Å². The quantitative estimate of drug-likeness (QED) is 0.275. The van der Waals surface area contributed by atoms with E-state index in [4.69, 9.17) is 9.47 Å². The minimum atomic E-state index is -0.427. The topological polar surface area (TPSA) is 90.4 Å². The minimum Gasteiger partial charge on any atom is -0.492 e. The third-order valence-electron chi connectivity index (χ3n) is 4.21. The SMILES string of the molecule is CSc1nc(C)c(CCC(=O)OCC(=O)NCCOc2cccc(C)c2)c(C)n1. The molecular weight excluding hydrogens is 390 g/mol. The predicted molar refractivity (Wildman–Crippen MR) is 112 cm³/mol. The van der Waals surface area contributed by atoms with Crippen LogP contribution in [0.4, 0.5) is 0 Å². The standard InChI is InChI=1S/C21H27N3O4S/c1-14-6-5-7-17(12-14)27-11-10-22-19(25)13-28-20(26)9-8-18-15(2)23-21(29-4)24-16(18)3/h5-7,12H,8-11,13H2,1-4H3,(H,22,25). The number of carbonyl (C=O) groups is 2. The van der Waals surface area contributed by atoms with Crippen molar-refractivity contribution >= 4 is 23.6 Å². The van der Waals surface area contributed by atoms with Crippen LogP contribution < -0.4 is 10.1 Å². The molecule has 1 amide bonds. The van der Waals surface area contributed by atoms with E-state index in [-0.39, 0.29) is 18.9 Å². The molecule has 0 aliphatic carbocycles. The zero-order chi connectivity index (χ0) is 21.2. The van der Waals surface area contributed by atoms with Gasteiger partial charge in [-0.05, 0) is 56.7 Å². The lowest BCUT2D eigenvalue weighted by molar-refractivity contribution is -0.148. The summed E-state index contributed by atoms with van der Waals surface area (Å²) in [5.74, 6) is -0.0269. The fourth-order valence-corrected chi connectivity index (χ4v) is 3.18. The average molecular weight is 418 g/mol. The molecule has 2 aromatic rings. The van der Waals surface area contributed by atoms with Gasteiger partial charge in [0.1, 0.15) is 12.4 Å². The fourth-order valence-electron chi connectivity index (χ4n) is 2.72. The smallest absolute Gasteiger partial charge is 0.306 e. The second kappa shape index (κ2) is 11.4. The lowest BCUT2D eigenvalue weighted by Gasteiger charge is -2.10. The molecule has 2 rings (SSSR count). The van der Waals surface area contributed by atoms with Gasteiger partial charge in [0.05, 0.1) is 6.54 Å². The Balaban J connectivity index is 1.65. The molecule has 8 heteroatoms. The van der Waals surface area contributed by atoms with Crippen molar-refractivity contribution in [3.8, 4) is 5.75 Å². The van der Waals surface area contributed by atoms with Crippen LogP contribution in [0.15, 0.2) is 29.4 Å². The Morgan fingerprint density at radius 1 is 1.14 bits per heavy atom. The van der Waals surface area contributed by atoms with E-state index in [2.05, 4.69) is 15.3 Å². The number of ether oxygens (including phenoxy) is 2. The lowest BCUT2D eigenvalue weighted by atomic mass is 10.1.